The van der Waals surface area contributed by atoms with E-state index in [-0.39, 0.29) is 21.6 Å². The van der Waals surface area contributed by atoms with Gasteiger partial charge in [-0.3, -0.25) is 0 Å². The van der Waals surface area contributed by atoms with Crippen LogP contribution >= 0.6 is 70.2 Å². The SMILES string of the molecule is COc1nc(C(Cl)(Cl)Cl)c(Cl)c(C=S)c1Cl. The maximum Gasteiger partial charge on any atom is 0.234 e. The standard InChI is InChI=1S/C8H4Cl5NOS/c1-15-7-5(10)3(2-16)4(9)6(14-7)8(11,12)13/h2H,1H3. The normalized spacial score (nSPS) is 11.4. The van der Waals surface area contributed by atoms with Crippen LogP contribution in [0.4, 0.5) is 0 Å². The fraction of sp³-hybridized carbons (Fsp3) is 0.250. The number of halogens is 5. The van der Waals surface area contributed by atoms with Crippen LogP contribution in [0.25, 0.3) is 0 Å². The molecule has 1 aromatic heterocycles. The second-order valence-electron chi connectivity index (χ2n) is 2.63. The van der Waals surface area contributed by atoms with E-state index in [1.165, 1.54) is 12.5 Å². The van der Waals surface area contributed by atoms with Crippen molar-refractivity contribution in [2.45, 2.75) is 3.79 Å². The van der Waals surface area contributed by atoms with Gasteiger partial charge in [-0.15, -0.1) is 0 Å². The van der Waals surface area contributed by atoms with Crippen molar-refractivity contribution in [3.63, 3.8) is 0 Å². The maximum atomic E-state index is 5.97. The Kier molecular flexibility index (Phi) is 4.93. The van der Waals surface area contributed by atoms with Crippen LogP contribution in [0.1, 0.15) is 11.3 Å². The molecule has 0 amide bonds. The van der Waals surface area contributed by atoms with Crippen molar-refractivity contribution in [1.29, 1.82) is 0 Å². The molecule has 0 aromatic carbocycles. The van der Waals surface area contributed by atoms with Crippen molar-refractivity contribution >= 4 is 75.6 Å². The molecule has 2 nitrogen and oxygen atoms in total. The van der Waals surface area contributed by atoms with Gasteiger partial charge in [-0.05, 0) is 0 Å². The predicted molar refractivity (Wildman–Crippen MR) is 72.8 cm³/mol. The van der Waals surface area contributed by atoms with Crippen LogP contribution in [0.2, 0.25) is 10.0 Å². The molecule has 0 N–H and O–H groups in total. The van der Waals surface area contributed by atoms with Gasteiger partial charge >= 0.3 is 0 Å². The summed E-state index contributed by atoms with van der Waals surface area (Å²) in [5.74, 6) is 0.100. The first-order valence-electron chi connectivity index (χ1n) is 3.78. The zero-order valence-electron chi connectivity index (χ0n) is 7.73. The Morgan fingerprint density at radius 2 is 1.81 bits per heavy atom. The summed E-state index contributed by atoms with van der Waals surface area (Å²) < 4.78 is 3.16. The van der Waals surface area contributed by atoms with Gasteiger partial charge in [-0.2, -0.15) is 0 Å². The van der Waals surface area contributed by atoms with E-state index in [4.69, 9.17) is 75.0 Å². The smallest absolute Gasteiger partial charge is 0.234 e. The number of rotatable bonds is 2. The van der Waals surface area contributed by atoms with Crippen molar-refractivity contribution in [3.05, 3.63) is 21.3 Å². The fourth-order valence-corrected chi connectivity index (χ4v) is 2.54. The zero-order valence-corrected chi connectivity index (χ0v) is 12.3. The largest absolute Gasteiger partial charge is 0.480 e. The van der Waals surface area contributed by atoms with Crippen LogP contribution in [-0.2, 0) is 3.79 Å². The third-order valence-electron chi connectivity index (χ3n) is 1.66. The molecule has 0 saturated heterocycles. The van der Waals surface area contributed by atoms with Crippen molar-refractivity contribution in [2.75, 3.05) is 7.11 Å². The molecule has 0 aliphatic rings. The van der Waals surface area contributed by atoms with E-state index in [1.807, 2.05) is 0 Å². The maximum absolute atomic E-state index is 5.97. The van der Waals surface area contributed by atoms with E-state index >= 15 is 0 Å². The molecular weight excluding hydrogens is 335 g/mol. The summed E-state index contributed by atoms with van der Waals surface area (Å²) >= 11 is 33.8. The predicted octanol–water partition coefficient (Wildman–Crippen LogP) is 4.57. The third-order valence-corrected chi connectivity index (χ3v) is 3.18. The molecular formula is C8H4Cl5NOS. The molecule has 88 valence electrons. The number of thiocarbonyl (C=S) groups is 1. The number of ether oxygens (including phenoxy) is 1. The minimum Gasteiger partial charge on any atom is -0.480 e. The van der Waals surface area contributed by atoms with Crippen LogP contribution in [0, 0.1) is 0 Å². The van der Waals surface area contributed by atoms with Crippen molar-refractivity contribution in [3.8, 4) is 5.88 Å². The molecule has 0 saturated carbocycles. The van der Waals surface area contributed by atoms with Gasteiger partial charge in [0.15, 0.2) is 0 Å². The van der Waals surface area contributed by atoms with Gasteiger partial charge in [-0.1, -0.05) is 70.2 Å². The summed E-state index contributed by atoms with van der Waals surface area (Å²) in [4.78, 5) is 3.92. The Morgan fingerprint density at radius 1 is 1.25 bits per heavy atom. The number of hydrogen-bond acceptors (Lipinski definition) is 3. The van der Waals surface area contributed by atoms with Crippen LogP contribution < -0.4 is 4.74 Å². The van der Waals surface area contributed by atoms with Crippen molar-refractivity contribution in [1.82, 2.24) is 4.98 Å². The van der Waals surface area contributed by atoms with E-state index in [9.17, 15) is 0 Å². The topological polar surface area (TPSA) is 22.1 Å². The Morgan fingerprint density at radius 3 is 2.19 bits per heavy atom. The first-order chi connectivity index (χ1) is 7.32. The quantitative estimate of drug-likeness (QED) is 0.582. The zero-order chi connectivity index (χ0) is 12.5. The highest BCUT2D eigenvalue weighted by atomic mass is 35.6. The molecule has 8 heteroatoms. The average molecular weight is 339 g/mol. The molecule has 0 unspecified atom stereocenters. The van der Waals surface area contributed by atoms with Gasteiger partial charge in [0.05, 0.1) is 12.1 Å². The number of aromatic nitrogens is 1. The van der Waals surface area contributed by atoms with Crippen molar-refractivity contribution < 1.29 is 4.74 Å². The molecule has 0 aliphatic heterocycles. The number of alkyl halides is 3. The van der Waals surface area contributed by atoms with Crippen LogP contribution in [0.15, 0.2) is 0 Å². The number of pyridine rings is 1. The molecule has 1 heterocycles. The molecule has 0 aliphatic carbocycles. The van der Waals surface area contributed by atoms with E-state index in [0.717, 1.165) is 0 Å². The Labute approximate surface area is 123 Å². The lowest BCUT2D eigenvalue weighted by Gasteiger charge is -2.16. The number of nitrogens with zero attached hydrogens (tertiary/aromatic N) is 1. The number of methoxy groups -OCH3 is 1. The molecule has 0 atom stereocenters. The second-order valence-corrected chi connectivity index (χ2v) is 5.90. The van der Waals surface area contributed by atoms with Gasteiger partial charge in [0.1, 0.15) is 10.7 Å². The van der Waals surface area contributed by atoms with E-state index in [2.05, 4.69) is 4.98 Å². The van der Waals surface area contributed by atoms with Crippen LogP contribution in [-0.4, -0.2) is 17.5 Å². The van der Waals surface area contributed by atoms with Gasteiger partial charge in [0.2, 0.25) is 9.67 Å². The molecule has 0 fully saturated rings. The van der Waals surface area contributed by atoms with Gasteiger partial charge < -0.3 is 4.74 Å². The Hall–Kier alpha value is 0.490. The number of hydrogen-bond donors (Lipinski definition) is 0. The summed E-state index contributed by atoms with van der Waals surface area (Å²) in [6, 6.07) is 0. The van der Waals surface area contributed by atoms with Crippen LogP contribution in [0.3, 0.4) is 0 Å². The van der Waals surface area contributed by atoms with Crippen LogP contribution in [0.5, 0.6) is 5.88 Å². The molecule has 0 spiro atoms. The van der Waals surface area contributed by atoms with Gasteiger partial charge in [-0.25, -0.2) is 4.98 Å². The van der Waals surface area contributed by atoms with Gasteiger partial charge in [0.25, 0.3) is 0 Å². The molecule has 1 aromatic rings. The fourth-order valence-electron chi connectivity index (χ4n) is 0.965. The van der Waals surface area contributed by atoms with E-state index < -0.39 is 3.79 Å². The Bertz CT molecular complexity index is 431. The van der Waals surface area contributed by atoms with Crippen molar-refractivity contribution in [2.24, 2.45) is 0 Å². The Balaban J connectivity index is 3.59. The highest BCUT2D eigenvalue weighted by Crippen LogP contribution is 2.44. The minimum absolute atomic E-state index is 0.0246. The molecule has 1 rings (SSSR count). The average Bonchev–Trinajstić information content (AvgIpc) is 2.17. The van der Waals surface area contributed by atoms with E-state index in [0.29, 0.717) is 5.56 Å². The molecule has 0 bridgehead atoms. The molecule has 16 heavy (non-hydrogen) atoms. The summed E-state index contributed by atoms with van der Waals surface area (Å²) in [5, 5.41) is 1.55. The monoisotopic (exact) mass is 337 g/mol. The summed E-state index contributed by atoms with van der Waals surface area (Å²) in [6.45, 7) is 0. The lowest BCUT2D eigenvalue weighted by Crippen LogP contribution is -2.08. The first kappa shape index (κ1) is 14.6. The highest BCUT2D eigenvalue weighted by Gasteiger charge is 2.31. The molecule has 0 radical (unpaired) electrons. The summed E-state index contributed by atoms with van der Waals surface area (Å²) in [5.41, 5.74) is 0.364. The van der Waals surface area contributed by atoms with Gasteiger partial charge in [0, 0.05) is 10.9 Å². The second kappa shape index (κ2) is 5.42. The lowest BCUT2D eigenvalue weighted by atomic mass is 10.2. The lowest BCUT2D eigenvalue weighted by molar-refractivity contribution is 0.396. The first-order valence-corrected chi connectivity index (χ1v) is 6.14. The third kappa shape index (κ3) is 2.84. The highest BCUT2D eigenvalue weighted by molar-refractivity contribution is 7.79. The minimum atomic E-state index is -1.78. The summed E-state index contributed by atoms with van der Waals surface area (Å²) in [7, 11) is 1.39. The van der Waals surface area contributed by atoms with E-state index in [1.54, 1.807) is 0 Å². The summed E-state index contributed by atoms with van der Waals surface area (Å²) in [6.07, 6.45) is 0.